The minimum Gasteiger partial charge on any atom is -0.510 e. The summed E-state index contributed by atoms with van der Waals surface area (Å²) in [6.07, 6.45) is 3.78. The zero-order chi connectivity index (χ0) is 30.1. The Morgan fingerprint density at radius 3 is 2.29 bits per heavy atom. The SMILES string of the molecule is CCN(Cc1cc(O)c2c(c1N(C)C)C[C@H]1C[C@H]3[C@H](N(C)C)C(O)=C(C(N)=O)C(=O)[C@@]3(O)C(O)=C1C2=O)C1CCC1. The van der Waals surface area contributed by atoms with Crippen LogP contribution < -0.4 is 10.6 Å². The minimum absolute atomic E-state index is 0.0323. The van der Waals surface area contributed by atoms with E-state index < -0.39 is 58.0 Å². The van der Waals surface area contributed by atoms with Crippen LogP contribution in [0.4, 0.5) is 5.69 Å². The van der Waals surface area contributed by atoms with Crippen LogP contribution in [0.5, 0.6) is 5.75 Å². The maximum atomic E-state index is 14.0. The Morgan fingerprint density at radius 1 is 1.12 bits per heavy atom. The number of Topliss-reactive ketones (excluding diaryl/α,β-unsaturated/α-hetero) is 2. The number of carbonyl (C=O) groups excluding carboxylic acids is 3. The van der Waals surface area contributed by atoms with Gasteiger partial charge < -0.3 is 31.1 Å². The van der Waals surface area contributed by atoms with Gasteiger partial charge >= 0.3 is 0 Å². The molecule has 11 nitrogen and oxygen atoms in total. The summed E-state index contributed by atoms with van der Waals surface area (Å²) in [5, 5.41) is 45.4. The van der Waals surface area contributed by atoms with Crippen molar-refractivity contribution in [2.24, 2.45) is 17.6 Å². The van der Waals surface area contributed by atoms with E-state index in [2.05, 4.69) is 11.8 Å². The Bertz CT molecular complexity index is 1390. The van der Waals surface area contributed by atoms with Crippen LogP contribution in [0.1, 0.15) is 54.1 Å². The number of primary amides is 1. The number of nitrogens with zero attached hydrogens (tertiary/aromatic N) is 3. The average Bonchev–Trinajstić information content (AvgIpc) is 2.83. The molecule has 0 aliphatic heterocycles. The van der Waals surface area contributed by atoms with Crippen molar-refractivity contribution >= 4 is 23.2 Å². The topological polar surface area (TPSA) is 168 Å². The van der Waals surface area contributed by atoms with Gasteiger partial charge in [-0.3, -0.25) is 24.2 Å². The molecule has 0 spiro atoms. The van der Waals surface area contributed by atoms with E-state index in [1.54, 1.807) is 25.1 Å². The van der Waals surface area contributed by atoms with Gasteiger partial charge in [-0.25, -0.2) is 0 Å². The number of carbonyl (C=O) groups is 3. The second-order valence-corrected chi connectivity index (χ2v) is 12.3. The molecule has 1 aromatic rings. The highest BCUT2D eigenvalue weighted by Crippen LogP contribution is 2.53. The second kappa shape index (κ2) is 10.1. The second-order valence-electron chi connectivity index (χ2n) is 12.3. The van der Waals surface area contributed by atoms with Crippen LogP contribution in [0.15, 0.2) is 28.7 Å². The number of anilines is 1. The maximum Gasteiger partial charge on any atom is 0.255 e. The molecule has 6 N–H and O–H groups in total. The first-order valence-corrected chi connectivity index (χ1v) is 14.2. The number of aliphatic hydroxyl groups is 3. The van der Waals surface area contributed by atoms with E-state index in [0.717, 1.165) is 30.6 Å². The fourth-order valence-electron chi connectivity index (χ4n) is 7.52. The van der Waals surface area contributed by atoms with Crippen LogP contribution in [0.3, 0.4) is 0 Å². The number of aliphatic hydroxyl groups excluding tert-OH is 2. The molecule has 1 amide bonds. The molecule has 0 radical (unpaired) electrons. The van der Waals surface area contributed by atoms with Crippen molar-refractivity contribution in [1.82, 2.24) is 9.80 Å². The number of hydrogen-bond acceptors (Lipinski definition) is 10. The lowest BCUT2D eigenvalue weighted by Gasteiger charge is -2.50. The van der Waals surface area contributed by atoms with Gasteiger partial charge in [0.05, 0.1) is 11.6 Å². The number of phenolic OH excluding ortho intramolecular Hbond substituents is 1. The monoisotopic (exact) mass is 568 g/mol. The molecular weight excluding hydrogens is 528 g/mol. The number of hydrogen-bond donors (Lipinski definition) is 5. The van der Waals surface area contributed by atoms with Gasteiger partial charge in [0.2, 0.25) is 5.78 Å². The normalized spacial score (nSPS) is 28.0. The average molecular weight is 569 g/mol. The molecule has 0 unspecified atom stereocenters. The van der Waals surface area contributed by atoms with Crippen LogP contribution >= 0.6 is 0 Å². The van der Waals surface area contributed by atoms with Crippen LogP contribution in [0.25, 0.3) is 0 Å². The number of likely N-dealkylation sites (N-methyl/N-ethyl adjacent to an activating group) is 1. The van der Waals surface area contributed by atoms with Crippen molar-refractivity contribution in [3.8, 4) is 5.75 Å². The van der Waals surface area contributed by atoms with Gasteiger partial charge in [0.1, 0.15) is 22.8 Å². The number of amides is 1. The van der Waals surface area contributed by atoms with E-state index in [9.17, 15) is 34.8 Å². The number of benzene rings is 1. The van der Waals surface area contributed by atoms with Crippen molar-refractivity contribution in [2.75, 3.05) is 39.6 Å². The predicted molar refractivity (Wildman–Crippen MR) is 152 cm³/mol. The Balaban J connectivity index is 1.66. The van der Waals surface area contributed by atoms with Gasteiger partial charge in [0, 0.05) is 43.9 Å². The molecule has 4 aliphatic rings. The summed E-state index contributed by atoms with van der Waals surface area (Å²) in [7, 11) is 7.00. The Hall–Kier alpha value is -3.41. The van der Waals surface area contributed by atoms with E-state index in [0.29, 0.717) is 18.2 Å². The van der Waals surface area contributed by atoms with Crippen molar-refractivity contribution in [2.45, 2.75) is 63.3 Å². The highest BCUT2D eigenvalue weighted by atomic mass is 16.3. The maximum absolute atomic E-state index is 14.0. The van der Waals surface area contributed by atoms with Crippen LogP contribution in [0.2, 0.25) is 0 Å². The smallest absolute Gasteiger partial charge is 0.255 e. The highest BCUT2D eigenvalue weighted by molar-refractivity contribution is 6.24. The molecule has 0 bridgehead atoms. The molecule has 11 heteroatoms. The molecule has 0 saturated heterocycles. The lowest BCUT2D eigenvalue weighted by molar-refractivity contribution is -0.148. The first-order chi connectivity index (χ1) is 19.2. The zero-order valence-corrected chi connectivity index (χ0v) is 24.3. The molecule has 4 atom stereocenters. The minimum atomic E-state index is -2.64. The fraction of sp³-hybridized carbons (Fsp3) is 0.567. The van der Waals surface area contributed by atoms with Gasteiger partial charge in [0.25, 0.3) is 5.91 Å². The van der Waals surface area contributed by atoms with E-state index in [4.69, 9.17) is 5.73 Å². The third-order valence-corrected chi connectivity index (χ3v) is 9.59. The summed E-state index contributed by atoms with van der Waals surface area (Å²) in [4.78, 5) is 45.5. The van der Waals surface area contributed by atoms with Crippen LogP contribution in [0, 0.1) is 11.8 Å². The van der Waals surface area contributed by atoms with Crippen LogP contribution in [-0.2, 0) is 22.6 Å². The van der Waals surface area contributed by atoms with Gasteiger partial charge in [-0.2, -0.15) is 0 Å². The third-order valence-electron chi connectivity index (χ3n) is 9.59. The summed E-state index contributed by atoms with van der Waals surface area (Å²) in [6.45, 7) is 3.57. The number of aromatic hydroxyl groups is 1. The molecule has 1 saturated carbocycles. The lowest BCUT2D eigenvalue weighted by Crippen LogP contribution is -2.63. The highest BCUT2D eigenvalue weighted by Gasteiger charge is 2.63. The van der Waals surface area contributed by atoms with Crippen molar-refractivity contribution in [1.29, 1.82) is 0 Å². The van der Waals surface area contributed by atoms with Crippen molar-refractivity contribution < 1.29 is 34.8 Å². The summed E-state index contributed by atoms with van der Waals surface area (Å²) >= 11 is 0. The van der Waals surface area contributed by atoms with Gasteiger partial charge in [-0.05, 0) is 69.4 Å². The first kappa shape index (κ1) is 29.1. The molecule has 0 heterocycles. The number of ketones is 2. The molecule has 222 valence electrons. The lowest BCUT2D eigenvalue weighted by atomic mass is 9.58. The van der Waals surface area contributed by atoms with Crippen molar-refractivity contribution in [3.05, 3.63) is 45.4 Å². The van der Waals surface area contributed by atoms with Gasteiger partial charge in [-0.15, -0.1) is 0 Å². The first-order valence-electron chi connectivity index (χ1n) is 14.2. The van der Waals surface area contributed by atoms with E-state index in [-0.39, 0.29) is 29.7 Å². The Kier molecular flexibility index (Phi) is 7.20. The molecule has 41 heavy (non-hydrogen) atoms. The predicted octanol–water partition coefficient (Wildman–Crippen LogP) is 1.56. The summed E-state index contributed by atoms with van der Waals surface area (Å²) in [5.41, 5.74) is 4.19. The summed E-state index contributed by atoms with van der Waals surface area (Å²) < 4.78 is 0. The number of fused-ring (bicyclic) bond motifs is 3. The largest absolute Gasteiger partial charge is 0.510 e. The molecule has 0 aromatic heterocycles. The third kappa shape index (κ3) is 4.16. The number of allylic oxidation sites excluding steroid dienone is 1. The number of nitrogens with two attached hydrogens (primary N) is 1. The molecular formula is C30H40N4O7. The van der Waals surface area contributed by atoms with E-state index in [1.807, 2.05) is 19.0 Å². The van der Waals surface area contributed by atoms with Gasteiger partial charge in [0.15, 0.2) is 11.4 Å². The quantitative estimate of drug-likeness (QED) is 0.305. The number of phenols is 1. The Labute approximate surface area is 239 Å². The van der Waals surface area contributed by atoms with Crippen molar-refractivity contribution in [3.63, 3.8) is 0 Å². The molecule has 1 fully saturated rings. The van der Waals surface area contributed by atoms with Gasteiger partial charge in [-0.1, -0.05) is 13.3 Å². The Morgan fingerprint density at radius 2 is 1.78 bits per heavy atom. The number of rotatable bonds is 7. The van der Waals surface area contributed by atoms with E-state index >= 15 is 0 Å². The standard InChI is InChI=1S/C30H40N4O7/c1-6-34(16-8-7-9-16)13-15-12-19(35)21-17(23(15)32(2)3)10-14-11-18-24(33(4)5)26(37)22(29(31)40)28(39)30(18,41)27(38)20(14)25(21)36/h12,14,16,18,24,35,37-38,41H,6-11,13H2,1-5H3,(H2,31,40)/t14-,18-,24-,30-/m0/s1. The summed E-state index contributed by atoms with van der Waals surface area (Å²) in [6, 6.07) is 1.06. The molecule has 4 aliphatic carbocycles. The molecule has 1 aromatic carbocycles. The fourth-order valence-corrected chi connectivity index (χ4v) is 7.52. The zero-order valence-electron chi connectivity index (χ0n) is 24.3. The van der Waals surface area contributed by atoms with E-state index in [1.165, 1.54) is 6.42 Å². The van der Waals surface area contributed by atoms with Crippen LogP contribution in [-0.4, -0.2) is 100 Å². The molecule has 5 rings (SSSR count). The summed E-state index contributed by atoms with van der Waals surface area (Å²) in [5.74, 6) is -6.47.